The van der Waals surface area contributed by atoms with E-state index < -0.39 is 57.0 Å². The molecular weight excluding hydrogens is 760 g/mol. The van der Waals surface area contributed by atoms with Gasteiger partial charge in [0.05, 0.1) is 66.9 Å². The minimum atomic E-state index is -0.966. The van der Waals surface area contributed by atoms with E-state index in [-0.39, 0.29) is 45.6 Å². The van der Waals surface area contributed by atoms with Gasteiger partial charge < -0.3 is 30.6 Å². The number of nitrogens with one attached hydrogen (secondary N) is 4. The van der Waals surface area contributed by atoms with E-state index in [9.17, 15) is 37.4 Å². The van der Waals surface area contributed by atoms with Gasteiger partial charge in [-0.3, -0.25) is 19.8 Å². The second-order valence-electron chi connectivity index (χ2n) is 15.6. The standard InChI is InChI=1S/2C20H21F2N5O2/c2*1-10-16-12(19(29)27-5-4-23-9-20(27,2)3)8-15(24-18(16)26-25-10)17-13(21)6-11(28)7-14(17)22/h2*6-8,23,28H,4-5,9H2,1-3H3,(H,24,25,26). The Morgan fingerprint density at radius 3 is 1.29 bits per heavy atom. The van der Waals surface area contributed by atoms with Crippen molar-refractivity contribution in [2.24, 2.45) is 0 Å². The van der Waals surface area contributed by atoms with Crippen LogP contribution in [0, 0.1) is 37.1 Å². The third-order valence-electron chi connectivity index (χ3n) is 10.5. The van der Waals surface area contributed by atoms with Gasteiger partial charge in [0.2, 0.25) is 0 Å². The first-order valence-electron chi connectivity index (χ1n) is 18.5. The molecule has 0 aliphatic carbocycles. The van der Waals surface area contributed by atoms with Crippen molar-refractivity contribution in [3.63, 3.8) is 0 Å². The topological polar surface area (TPSA) is 188 Å². The first kappa shape index (κ1) is 40.1. The van der Waals surface area contributed by atoms with Crippen LogP contribution in [0.25, 0.3) is 44.6 Å². The number of phenols is 2. The van der Waals surface area contributed by atoms with Gasteiger partial charge in [-0.05, 0) is 53.7 Å². The fraction of sp³-hybridized carbons (Fsp3) is 0.350. The lowest BCUT2D eigenvalue weighted by atomic mass is 9.97. The molecule has 304 valence electrons. The van der Waals surface area contributed by atoms with Crippen LogP contribution in [0.5, 0.6) is 11.5 Å². The van der Waals surface area contributed by atoms with E-state index in [0.717, 1.165) is 24.3 Å². The van der Waals surface area contributed by atoms with Crippen LogP contribution in [0.4, 0.5) is 17.6 Å². The summed E-state index contributed by atoms with van der Waals surface area (Å²) in [7, 11) is 0. The number of rotatable bonds is 4. The van der Waals surface area contributed by atoms with E-state index in [0.29, 0.717) is 61.4 Å². The van der Waals surface area contributed by atoms with Gasteiger partial charge in [0.1, 0.15) is 34.8 Å². The molecule has 2 amide bonds. The number of piperazine rings is 2. The van der Waals surface area contributed by atoms with Crippen molar-refractivity contribution in [3.8, 4) is 34.0 Å². The highest BCUT2D eigenvalue weighted by Crippen LogP contribution is 2.35. The van der Waals surface area contributed by atoms with Crippen molar-refractivity contribution in [2.45, 2.75) is 52.6 Å². The summed E-state index contributed by atoms with van der Waals surface area (Å²) in [6.07, 6.45) is 0. The summed E-state index contributed by atoms with van der Waals surface area (Å²) in [5.74, 6) is -5.43. The molecule has 2 fully saturated rings. The summed E-state index contributed by atoms with van der Waals surface area (Å²) in [5.41, 5.74) is 0.442. The highest BCUT2D eigenvalue weighted by molar-refractivity contribution is 6.08. The van der Waals surface area contributed by atoms with Crippen LogP contribution in [0.1, 0.15) is 59.8 Å². The maximum atomic E-state index is 14.4. The van der Waals surface area contributed by atoms with Gasteiger partial charge in [-0.2, -0.15) is 10.2 Å². The molecule has 58 heavy (non-hydrogen) atoms. The highest BCUT2D eigenvalue weighted by atomic mass is 19.1. The second kappa shape index (κ2) is 15.0. The first-order chi connectivity index (χ1) is 27.4. The predicted molar refractivity (Wildman–Crippen MR) is 207 cm³/mol. The number of pyridine rings is 2. The SMILES string of the molecule is Cc1n[nH]c2nc(-c3c(F)cc(O)cc3F)cc(C(=O)N3CCNCC3(C)C)c12.Cc1n[nH]c2nc(-c3c(F)cc(O)cc3F)cc(C(=O)N3CCNCC3(C)C)c12. The van der Waals surface area contributed by atoms with E-state index in [1.807, 2.05) is 27.7 Å². The van der Waals surface area contributed by atoms with Gasteiger partial charge >= 0.3 is 0 Å². The number of phenolic OH excluding ortho intramolecular Hbond substituents is 2. The van der Waals surface area contributed by atoms with Crippen LogP contribution < -0.4 is 10.6 Å². The lowest BCUT2D eigenvalue weighted by Gasteiger charge is -2.43. The van der Waals surface area contributed by atoms with Crippen molar-refractivity contribution in [3.05, 3.63) is 82.2 Å². The van der Waals surface area contributed by atoms with Gasteiger partial charge in [-0.25, -0.2) is 27.5 Å². The Morgan fingerprint density at radius 2 is 0.966 bits per heavy atom. The average molecular weight is 803 g/mol. The molecular formula is C40H42F4N10O4. The number of aryl methyl sites for hydroxylation is 2. The summed E-state index contributed by atoms with van der Waals surface area (Å²) in [4.78, 5) is 39.0. The number of hydrogen-bond acceptors (Lipinski definition) is 10. The molecule has 2 aromatic carbocycles. The normalized spacial score (nSPS) is 16.4. The number of fused-ring (bicyclic) bond motifs is 2. The number of halogens is 4. The summed E-state index contributed by atoms with van der Waals surface area (Å²) in [6, 6.07) is 6.02. The number of carbonyl (C=O) groups is 2. The van der Waals surface area contributed by atoms with Gasteiger partial charge in [-0.1, -0.05) is 0 Å². The Hall–Kier alpha value is -6.14. The zero-order valence-corrected chi connectivity index (χ0v) is 32.6. The molecule has 6 aromatic rings. The van der Waals surface area contributed by atoms with Crippen molar-refractivity contribution in [2.75, 3.05) is 39.3 Å². The van der Waals surface area contributed by atoms with E-state index in [2.05, 4.69) is 41.0 Å². The number of aromatic hydroxyl groups is 2. The summed E-state index contributed by atoms with van der Waals surface area (Å²) in [6.45, 7) is 14.9. The molecule has 0 unspecified atom stereocenters. The largest absolute Gasteiger partial charge is 0.508 e. The Bertz CT molecular complexity index is 2380. The molecule has 14 nitrogen and oxygen atoms in total. The molecule has 0 saturated carbocycles. The third kappa shape index (κ3) is 7.28. The molecule has 2 aliphatic rings. The van der Waals surface area contributed by atoms with E-state index >= 15 is 0 Å². The van der Waals surface area contributed by atoms with Gasteiger partial charge in [-0.15, -0.1) is 0 Å². The van der Waals surface area contributed by atoms with E-state index in [4.69, 9.17) is 0 Å². The van der Waals surface area contributed by atoms with Crippen LogP contribution in [0.3, 0.4) is 0 Å². The number of hydrogen-bond donors (Lipinski definition) is 6. The zero-order chi connectivity index (χ0) is 41.8. The molecule has 0 spiro atoms. The second-order valence-corrected chi connectivity index (χ2v) is 15.6. The lowest BCUT2D eigenvalue weighted by Crippen LogP contribution is -2.59. The monoisotopic (exact) mass is 802 g/mol. The van der Waals surface area contributed by atoms with Crippen LogP contribution >= 0.6 is 0 Å². The van der Waals surface area contributed by atoms with Crippen LogP contribution in [-0.2, 0) is 0 Å². The molecule has 4 aromatic heterocycles. The molecule has 2 aliphatic heterocycles. The third-order valence-corrected chi connectivity index (χ3v) is 10.5. The molecule has 6 N–H and O–H groups in total. The van der Waals surface area contributed by atoms with Crippen molar-refractivity contribution >= 4 is 33.9 Å². The van der Waals surface area contributed by atoms with E-state index in [1.54, 1.807) is 23.6 Å². The number of amides is 2. The summed E-state index contributed by atoms with van der Waals surface area (Å²) in [5, 5.41) is 40.1. The average Bonchev–Trinajstić information content (AvgIpc) is 3.71. The van der Waals surface area contributed by atoms with Crippen LogP contribution in [0.15, 0.2) is 36.4 Å². The fourth-order valence-corrected chi connectivity index (χ4v) is 7.58. The minimum absolute atomic E-state index is 0.0487. The zero-order valence-electron chi connectivity index (χ0n) is 32.6. The summed E-state index contributed by atoms with van der Waals surface area (Å²) >= 11 is 0. The molecule has 0 atom stereocenters. The number of carbonyl (C=O) groups excluding carboxylic acids is 2. The predicted octanol–water partition coefficient (Wildman–Crippen LogP) is 5.48. The Kier molecular flexibility index (Phi) is 10.4. The Labute approximate surface area is 329 Å². The van der Waals surface area contributed by atoms with Crippen molar-refractivity contribution in [1.29, 1.82) is 0 Å². The Morgan fingerprint density at radius 1 is 0.621 bits per heavy atom. The number of aromatic amines is 2. The molecule has 18 heteroatoms. The maximum absolute atomic E-state index is 14.4. The molecule has 8 rings (SSSR count). The lowest BCUT2D eigenvalue weighted by molar-refractivity contribution is 0.0471. The quantitative estimate of drug-likeness (QED) is 0.125. The molecule has 6 heterocycles. The van der Waals surface area contributed by atoms with Gasteiger partial charge in [0.25, 0.3) is 11.8 Å². The number of H-pyrrole nitrogens is 2. The van der Waals surface area contributed by atoms with Gasteiger partial charge in [0.15, 0.2) is 11.3 Å². The molecule has 2 saturated heterocycles. The highest BCUT2D eigenvalue weighted by Gasteiger charge is 2.37. The Balaban J connectivity index is 0.000000177. The number of aromatic nitrogens is 6. The minimum Gasteiger partial charge on any atom is -0.508 e. The van der Waals surface area contributed by atoms with E-state index in [1.165, 1.54) is 12.1 Å². The van der Waals surface area contributed by atoms with Crippen LogP contribution in [0.2, 0.25) is 0 Å². The maximum Gasteiger partial charge on any atom is 0.255 e. The van der Waals surface area contributed by atoms with Crippen molar-refractivity contribution in [1.82, 2.24) is 50.8 Å². The number of nitrogens with zero attached hydrogens (tertiary/aromatic N) is 6. The smallest absolute Gasteiger partial charge is 0.255 e. The summed E-state index contributed by atoms with van der Waals surface area (Å²) < 4.78 is 57.8. The van der Waals surface area contributed by atoms with Gasteiger partial charge in [0, 0.05) is 63.5 Å². The van der Waals surface area contributed by atoms with Crippen LogP contribution in [-0.4, -0.2) is 113 Å². The number of benzene rings is 2. The fourth-order valence-electron chi connectivity index (χ4n) is 7.58. The molecule has 0 radical (unpaired) electrons. The van der Waals surface area contributed by atoms with Crippen molar-refractivity contribution < 1.29 is 37.4 Å². The molecule has 0 bridgehead atoms. The first-order valence-corrected chi connectivity index (χ1v) is 18.5.